The summed E-state index contributed by atoms with van der Waals surface area (Å²) < 4.78 is 49.9. The van der Waals surface area contributed by atoms with E-state index in [1.807, 2.05) is 48.5 Å². The van der Waals surface area contributed by atoms with Gasteiger partial charge >= 0.3 is 0 Å². The molecule has 0 aliphatic rings. The van der Waals surface area contributed by atoms with Gasteiger partial charge in [-0.1, -0.05) is 24.3 Å². The van der Waals surface area contributed by atoms with Gasteiger partial charge in [0.2, 0.25) is 0 Å². The lowest BCUT2D eigenvalue weighted by Crippen LogP contribution is -2.10. The van der Waals surface area contributed by atoms with Crippen molar-refractivity contribution in [2.24, 2.45) is 0 Å². The van der Waals surface area contributed by atoms with Crippen LogP contribution in [0.1, 0.15) is 31.9 Å². The van der Waals surface area contributed by atoms with Crippen LogP contribution in [0.3, 0.4) is 0 Å². The van der Waals surface area contributed by atoms with Crippen molar-refractivity contribution in [2.75, 3.05) is 6.66 Å². The standard InChI is InChI=1S/C26H22F3O2PS/c1-15-16(2)25(28)26(29)20(24(15)27)13-21(30)23-12-18-11-17(9-10-22(18)33-23)14-32(3)31-19-7-5-4-6-8-19/h4-12H,13-14H2,1-3H3. The first-order valence-electron chi connectivity index (χ1n) is 10.4. The van der Waals surface area contributed by atoms with E-state index in [0.717, 1.165) is 27.6 Å². The highest BCUT2D eigenvalue weighted by Gasteiger charge is 2.23. The number of benzene rings is 3. The number of Topliss-reactive ketones (excluding diaryl/α,β-unsaturated/α-hetero) is 1. The molecule has 0 spiro atoms. The van der Waals surface area contributed by atoms with Crippen molar-refractivity contribution >= 4 is 35.4 Å². The van der Waals surface area contributed by atoms with Crippen molar-refractivity contribution in [2.45, 2.75) is 26.4 Å². The fourth-order valence-electron chi connectivity index (χ4n) is 3.63. The zero-order valence-electron chi connectivity index (χ0n) is 18.4. The predicted molar refractivity (Wildman–Crippen MR) is 129 cm³/mol. The molecule has 170 valence electrons. The number of carbonyl (C=O) groups excluding carboxylic acids is 1. The summed E-state index contributed by atoms with van der Waals surface area (Å²) in [4.78, 5) is 13.2. The van der Waals surface area contributed by atoms with Crippen LogP contribution in [0, 0.1) is 31.3 Å². The van der Waals surface area contributed by atoms with E-state index in [-0.39, 0.29) is 11.1 Å². The van der Waals surface area contributed by atoms with E-state index in [0.29, 0.717) is 4.88 Å². The molecule has 0 aliphatic carbocycles. The maximum absolute atomic E-state index is 14.5. The van der Waals surface area contributed by atoms with E-state index < -0.39 is 43.4 Å². The molecule has 0 radical (unpaired) electrons. The quantitative estimate of drug-likeness (QED) is 0.150. The van der Waals surface area contributed by atoms with Crippen LogP contribution in [0.4, 0.5) is 13.2 Å². The summed E-state index contributed by atoms with van der Waals surface area (Å²) in [6.07, 6.45) is 0.220. The molecule has 4 rings (SSSR count). The molecule has 0 bridgehead atoms. The zero-order chi connectivity index (χ0) is 23.7. The van der Waals surface area contributed by atoms with Gasteiger partial charge in [-0.15, -0.1) is 11.3 Å². The monoisotopic (exact) mass is 486 g/mol. The fourth-order valence-corrected chi connectivity index (χ4v) is 5.87. The highest BCUT2D eigenvalue weighted by atomic mass is 32.1. The number of hydrogen-bond donors (Lipinski definition) is 0. The fraction of sp³-hybridized carbons (Fsp3) is 0.192. The summed E-state index contributed by atoms with van der Waals surface area (Å²) in [6, 6.07) is 17.3. The topological polar surface area (TPSA) is 26.3 Å². The Bertz CT molecular complexity index is 1310. The summed E-state index contributed by atoms with van der Waals surface area (Å²) in [5, 5.41) is 0.885. The van der Waals surface area contributed by atoms with Crippen LogP contribution in [0.2, 0.25) is 0 Å². The number of rotatable bonds is 7. The van der Waals surface area contributed by atoms with Gasteiger partial charge in [-0.3, -0.25) is 4.79 Å². The van der Waals surface area contributed by atoms with Gasteiger partial charge in [-0.2, -0.15) is 0 Å². The molecule has 1 atom stereocenters. The van der Waals surface area contributed by atoms with Crippen molar-refractivity contribution in [3.05, 3.63) is 99.2 Å². The van der Waals surface area contributed by atoms with Crippen LogP contribution in [0.5, 0.6) is 5.75 Å². The van der Waals surface area contributed by atoms with Gasteiger partial charge in [0, 0.05) is 22.8 Å². The lowest BCUT2D eigenvalue weighted by Gasteiger charge is -2.14. The first kappa shape index (κ1) is 23.5. The first-order chi connectivity index (χ1) is 15.7. The van der Waals surface area contributed by atoms with Crippen molar-refractivity contribution < 1.29 is 22.5 Å². The van der Waals surface area contributed by atoms with Crippen LogP contribution in [-0.2, 0) is 12.6 Å². The zero-order valence-corrected chi connectivity index (χ0v) is 20.1. The number of halogens is 3. The molecule has 2 nitrogen and oxygen atoms in total. The summed E-state index contributed by atoms with van der Waals surface area (Å²) in [6.45, 7) is 4.76. The number of para-hydroxylation sites is 1. The third-order valence-corrected chi connectivity index (χ3v) is 8.04. The molecule has 0 saturated carbocycles. The molecule has 1 heterocycles. The van der Waals surface area contributed by atoms with E-state index in [4.69, 9.17) is 4.52 Å². The predicted octanol–water partition coefficient (Wildman–Crippen LogP) is 7.97. The van der Waals surface area contributed by atoms with Crippen LogP contribution < -0.4 is 4.52 Å². The molecular weight excluding hydrogens is 464 g/mol. The maximum atomic E-state index is 14.5. The highest BCUT2D eigenvalue weighted by Crippen LogP contribution is 2.39. The van der Waals surface area contributed by atoms with Gasteiger partial charge in [0.1, 0.15) is 11.6 Å². The Kier molecular flexibility index (Phi) is 6.87. The second kappa shape index (κ2) is 9.66. The van der Waals surface area contributed by atoms with E-state index in [1.165, 1.54) is 25.2 Å². The Balaban J connectivity index is 1.52. The lowest BCUT2D eigenvalue weighted by molar-refractivity contribution is 0.0994. The van der Waals surface area contributed by atoms with Crippen LogP contribution in [-0.4, -0.2) is 12.4 Å². The highest BCUT2D eigenvalue weighted by molar-refractivity contribution is 7.51. The molecule has 1 aromatic heterocycles. The molecule has 3 aromatic carbocycles. The second-order valence-corrected chi connectivity index (χ2v) is 10.8. The molecule has 0 amide bonds. The minimum Gasteiger partial charge on any atom is -0.474 e. The second-order valence-electron chi connectivity index (χ2n) is 7.94. The molecule has 7 heteroatoms. The van der Waals surface area contributed by atoms with Crippen molar-refractivity contribution in [1.29, 1.82) is 0 Å². The van der Waals surface area contributed by atoms with Crippen LogP contribution in [0.15, 0.2) is 54.6 Å². The van der Waals surface area contributed by atoms with Gasteiger partial charge in [0.25, 0.3) is 0 Å². The van der Waals surface area contributed by atoms with Crippen molar-refractivity contribution in [3.63, 3.8) is 0 Å². The Labute approximate surface area is 195 Å². The minimum atomic E-state index is -1.29. The van der Waals surface area contributed by atoms with Crippen molar-refractivity contribution in [1.82, 2.24) is 0 Å². The van der Waals surface area contributed by atoms with E-state index in [2.05, 4.69) is 6.66 Å². The average Bonchev–Trinajstić information content (AvgIpc) is 3.23. The van der Waals surface area contributed by atoms with Gasteiger partial charge in [0.05, 0.1) is 13.0 Å². The molecular formula is C26H22F3O2PS. The Morgan fingerprint density at radius 3 is 2.36 bits per heavy atom. The number of thiophene rings is 1. The summed E-state index contributed by atoms with van der Waals surface area (Å²) >= 11 is 1.26. The molecule has 0 fully saturated rings. The van der Waals surface area contributed by atoms with E-state index in [1.54, 1.807) is 6.07 Å². The molecule has 0 N–H and O–H groups in total. The molecule has 0 saturated heterocycles. The number of fused-ring (bicyclic) bond motifs is 1. The molecule has 0 aliphatic heterocycles. The third kappa shape index (κ3) is 4.97. The van der Waals surface area contributed by atoms with E-state index >= 15 is 0 Å². The summed E-state index contributed by atoms with van der Waals surface area (Å²) in [5.41, 5.74) is 0.500. The van der Waals surface area contributed by atoms with Crippen LogP contribution >= 0.6 is 19.5 Å². The lowest BCUT2D eigenvalue weighted by atomic mass is 9.99. The number of ketones is 1. The molecule has 4 aromatic rings. The SMILES string of the molecule is Cc1c(C)c(F)c(CC(=O)c2cc3cc(CP(C)Oc4ccccc4)ccc3s2)c(F)c1F. The third-order valence-electron chi connectivity index (χ3n) is 5.55. The van der Waals surface area contributed by atoms with Gasteiger partial charge in [-0.25, -0.2) is 13.2 Å². The van der Waals surface area contributed by atoms with E-state index in [9.17, 15) is 18.0 Å². The maximum Gasteiger partial charge on any atom is 0.177 e. The van der Waals surface area contributed by atoms with Gasteiger partial charge < -0.3 is 4.52 Å². The molecule has 33 heavy (non-hydrogen) atoms. The largest absolute Gasteiger partial charge is 0.474 e. The number of carbonyl (C=O) groups is 1. The average molecular weight is 486 g/mol. The smallest absolute Gasteiger partial charge is 0.177 e. The summed E-state index contributed by atoms with van der Waals surface area (Å²) in [7, 11) is -0.726. The number of hydrogen-bond acceptors (Lipinski definition) is 3. The Hall–Kier alpha value is -2.69. The minimum absolute atomic E-state index is 0.0199. The first-order valence-corrected chi connectivity index (χ1v) is 13.1. The van der Waals surface area contributed by atoms with Crippen LogP contribution in [0.25, 0.3) is 10.1 Å². The molecule has 1 unspecified atom stereocenters. The normalized spacial score (nSPS) is 12.2. The van der Waals surface area contributed by atoms with Crippen molar-refractivity contribution in [3.8, 4) is 5.75 Å². The Morgan fingerprint density at radius 1 is 0.939 bits per heavy atom. The summed E-state index contributed by atoms with van der Waals surface area (Å²) in [5.74, 6) is -2.87. The van der Waals surface area contributed by atoms with Gasteiger partial charge in [0.15, 0.2) is 17.4 Å². The van der Waals surface area contributed by atoms with Gasteiger partial charge in [-0.05, 0) is 72.9 Å². The Morgan fingerprint density at radius 2 is 1.64 bits per heavy atom.